The molecule has 2 aliphatic heterocycles. The molecule has 0 saturated carbocycles. The number of likely N-dealkylation sites (tertiary alicyclic amines) is 1. The third-order valence-electron chi connectivity index (χ3n) is 6.46. The van der Waals surface area contributed by atoms with Gasteiger partial charge in [0, 0.05) is 40.8 Å². The van der Waals surface area contributed by atoms with Crippen LogP contribution >= 0.6 is 12.4 Å². The van der Waals surface area contributed by atoms with Crippen LogP contribution in [-0.4, -0.2) is 63.8 Å². The Balaban J connectivity index is 0.00000304. The lowest BCUT2D eigenvalue weighted by molar-refractivity contribution is 0.0966. The Hall–Kier alpha value is -2.95. The van der Waals surface area contributed by atoms with Crippen molar-refractivity contribution in [3.8, 4) is 28.5 Å². The Bertz CT molecular complexity index is 1380. The highest BCUT2D eigenvalue weighted by Crippen LogP contribution is 2.43. The molecule has 0 bridgehead atoms. The lowest BCUT2D eigenvalue weighted by Crippen LogP contribution is -2.33. The third-order valence-corrected chi connectivity index (χ3v) is 6.93. The third kappa shape index (κ3) is 5.40. The molecule has 0 unspecified atom stereocenters. The molecule has 1 aromatic heterocycles. The van der Waals surface area contributed by atoms with Crippen molar-refractivity contribution in [2.24, 2.45) is 0 Å². The van der Waals surface area contributed by atoms with Gasteiger partial charge in [-0.05, 0) is 56.3 Å². The van der Waals surface area contributed by atoms with Gasteiger partial charge in [-0.25, -0.2) is 0 Å². The molecule has 0 radical (unpaired) electrons. The first kappa shape index (κ1) is 26.1. The van der Waals surface area contributed by atoms with Crippen LogP contribution in [0.25, 0.3) is 22.2 Å². The highest BCUT2D eigenvalue weighted by atomic mass is 35.5. The normalized spacial score (nSPS) is 15.8. The number of ether oxygens (including phenoxy) is 2. The summed E-state index contributed by atoms with van der Waals surface area (Å²) in [4.78, 5) is 18.5. The SMILES string of the molecule is COc1cc(-c2cc3cc(OCCN4CCCCC4)ccc3[nH]2)c2c(c1OS(C)(=O)=O)CNC2=O.Cl. The van der Waals surface area contributed by atoms with Crippen molar-refractivity contribution in [2.75, 3.05) is 39.6 Å². The van der Waals surface area contributed by atoms with E-state index in [1.54, 1.807) is 6.07 Å². The second-order valence-corrected chi connectivity index (χ2v) is 10.5. The van der Waals surface area contributed by atoms with E-state index in [9.17, 15) is 13.2 Å². The molecule has 2 N–H and O–H groups in total. The Kier molecular flexibility index (Phi) is 7.67. The first-order chi connectivity index (χ1) is 16.8. The van der Waals surface area contributed by atoms with Gasteiger partial charge in [0.05, 0.1) is 18.9 Å². The summed E-state index contributed by atoms with van der Waals surface area (Å²) in [6.07, 6.45) is 4.78. The fourth-order valence-electron chi connectivity index (χ4n) is 4.81. The minimum Gasteiger partial charge on any atom is -0.493 e. The van der Waals surface area contributed by atoms with Gasteiger partial charge >= 0.3 is 10.1 Å². The van der Waals surface area contributed by atoms with Crippen LogP contribution < -0.4 is 19.0 Å². The quantitative estimate of drug-likeness (QED) is 0.423. The molecule has 0 spiro atoms. The Morgan fingerprint density at radius 1 is 1.08 bits per heavy atom. The topological polar surface area (TPSA) is 110 Å². The predicted molar refractivity (Wildman–Crippen MR) is 140 cm³/mol. The van der Waals surface area contributed by atoms with E-state index in [1.165, 1.54) is 26.4 Å². The molecule has 0 atom stereocenters. The molecule has 3 heterocycles. The number of H-pyrrole nitrogens is 1. The number of fused-ring (bicyclic) bond motifs is 2. The summed E-state index contributed by atoms with van der Waals surface area (Å²) in [7, 11) is -2.38. The molecule has 36 heavy (non-hydrogen) atoms. The number of nitrogens with one attached hydrogen (secondary N) is 2. The Labute approximate surface area is 216 Å². The Morgan fingerprint density at radius 3 is 2.58 bits per heavy atom. The second kappa shape index (κ2) is 10.6. The first-order valence-corrected chi connectivity index (χ1v) is 13.5. The number of aromatic nitrogens is 1. The van der Waals surface area contributed by atoms with Gasteiger partial charge in [-0.3, -0.25) is 9.69 Å². The maximum atomic E-state index is 12.7. The number of aromatic amines is 1. The number of hydrogen-bond acceptors (Lipinski definition) is 7. The van der Waals surface area contributed by atoms with Crippen LogP contribution in [-0.2, 0) is 16.7 Å². The summed E-state index contributed by atoms with van der Waals surface area (Å²) in [6.45, 7) is 3.98. The van der Waals surface area contributed by atoms with E-state index in [0.717, 1.165) is 42.5 Å². The summed E-state index contributed by atoms with van der Waals surface area (Å²) in [5.74, 6) is 0.766. The molecule has 2 aliphatic rings. The molecule has 5 rings (SSSR count). The zero-order valence-electron chi connectivity index (χ0n) is 20.3. The molecule has 1 saturated heterocycles. The van der Waals surface area contributed by atoms with Crippen LogP contribution in [0.5, 0.6) is 17.2 Å². The number of rotatable bonds is 8. The molecule has 11 heteroatoms. The second-order valence-electron chi connectivity index (χ2n) is 8.96. The number of benzene rings is 2. The zero-order valence-corrected chi connectivity index (χ0v) is 21.9. The van der Waals surface area contributed by atoms with Crippen LogP contribution in [0.2, 0.25) is 0 Å². The molecule has 194 valence electrons. The molecule has 1 amide bonds. The summed E-state index contributed by atoms with van der Waals surface area (Å²) in [5.41, 5.74) is 3.04. The van der Waals surface area contributed by atoms with E-state index in [4.69, 9.17) is 13.7 Å². The van der Waals surface area contributed by atoms with Crippen molar-refractivity contribution < 1.29 is 26.9 Å². The number of carbonyl (C=O) groups excluding carboxylic acids is 1. The van der Waals surface area contributed by atoms with Crippen LogP contribution in [0, 0.1) is 0 Å². The number of methoxy groups -OCH3 is 1. The number of halogens is 1. The van der Waals surface area contributed by atoms with Crippen molar-refractivity contribution in [1.29, 1.82) is 0 Å². The number of nitrogens with zero attached hydrogens (tertiary/aromatic N) is 1. The van der Waals surface area contributed by atoms with Crippen molar-refractivity contribution in [3.63, 3.8) is 0 Å². The number of hydrogen-bond donors (Lipinski definition) is 2. The number of amides is 1. The van der Waals surface area contributed by atoms with E-state index < -0.39 is 10.1 Å². The monoisotopic (exact) mass is 535 g/mol. The average Bonchev–Trinajstić information content (AvgIpc) is 3.43. The maximum absolute atomic E-state index is 12.7. The minimum atomic E-state index is -3.81. The average molecular weight is 536 g/mol. The summed E-state index contributed by atoms with van der Waals surface area (Å²) in [6, 6.07) is 9.44. The van der Waals surface area contributed by atoms with Crippen molar-refractivity contribution in [2.45, 2.75) is 25.8 Å². The van der Waals surface area contributed by atoms with E-state index in [0.29, 0.717) is 29.0 Å². The largest absolute Gasteiger partial charge is 0.493 e. The van der Waals surface area contributed by atoms with Gasteiger partial charge in [-0.2, -0.15) is 8.42 Å². The molecule has 3 aromatic rings. The molecule has 9 nitrogen and oxygen atoms in total. The van der Waals surface area contributed by atoms with Gasteiger partial charge < -0.3 is 24.0 Å². The first-order valence-electron chi connectivity index (χ1n) is 11.7. The summed E-state index contributed by atoms with van der Waals surface area (Å²) in [5, 5.41) is 3.70. The van der Waals surface area contributed by atoms with E-state index in [-0.39, 0.29) is 36.4 Å². The summed E-state index contributed by atoms with van der Waals surface area (Å²) >= 11 is 0. The molecule has 2 aromatic carbocycles. The number of piperidine rings is 1. The smallest absolute Gasteiger partial charge is 0.306 e. The van der Waals surface area contributed by atoms with Gasteiger partial charge in [-0.1, -0.05) is 6.42 Å². The predicted octanol–water partition coefficient (Wildman–Crippen LogP) is 3.71. The minimum absolute atomic E-state index is 0. The summed E-state index contributed by atoms with van der Waals surface area (Å²) < 4.78 is 40.3. The zero-order chi connectivity index (χ0) is 24.6. The standard InChI is InChI=1S/C25H29N3O6S.ClH/c1-32-22-14-18(23-19(15-26-25(23)29)24(22)34-35(2,30)31)21-13-16-12-17(6-7-20(16)27-21)33-11-10-28-8-4-3-5-9-28;/h6-7,12-14,27H,3-5,8-11,15H2,1-2H3,(H,26,29);1H. The lowest BCUT2D eigenvalue weighted by Gasteiger charge is -2.26. The number of carbonyl (C=O) groups is 1. The van der Waals surface area contributed by atoms with Crippen LogP contribution in [0.1, 0.15) is 35.2 Å². The Morgan fingerprint density at radius 2 is 1.86 bits per heavy atom. The molecular weight excluding hydrogens is 506 g/mol. The molecular formula is C25H30ClN3O6S. The molecule has 1 fully saturated rings. The van der Waals surface area contributed by atoms with E-state index in [2.05, 4.69) is 15.2 Å². The van der Waals surface area contributed by atoms with E-state index in [1.807, 2.05) is 24.3 Å². The highest BCUT2D eigenvalue weighted by Gasteiger charge is 2.32. The van der Waals surface area contributed by atoms with Crippen molar-refractivity contribution in [1.82, 2.24) is 15.2 Å². The molecule has 0 aliphatic carbocycles. The highest BCUT2D eigenvalue weighted by molar-refractivity contribution is 7.86. The van der Waals surface area contributed by atoms with E-state index >= 15 is 0 Å². The van der Waals surface area contributed by atoms with Gasteiger partial charge in [0.1, 0.15) is 12.4 Å². The van der Waals surface area contributed by atoms with Gasteiger partial charge in [-0.15, -0.1) is 12.4 Å². The van der Waals surface area contributed by atoms with Gasteiger partial charge in [0.2, 0.25) is 0 Å². The van der Waals surface area contributed by atoms with Gasteiger partial charge in [0.15, 0.2) is 11.5 Å². The van der Waals surface area contributed by atoms with Crippen LogP contribution in [0.15, 0.2) is 30.3 Å². The fraction of sp³-hybridized carbons (Fsp3) is 0.400. The maximum Gasteiger partial charge on any atom is 0.306 e. The lowest BCUT2D eigenvalue weighted by atomic mass is 9.98. The fourth-order valence-corrected chi connectivity index (χ4v) is 5.29. The van der Waals surface area contributed by atoms with Crippen molar-refractivity contribution >= 4 is 39.3 Å². The van der Waals surface area contributed by atoms with Crippen molar-refractivity contribution in [3.05, 3.63) is 41.5 Å². The van der Waals surface area contributed by atoms with Crippen LogP contribution in [0.3, 0.4) is 0 Å². The van der Waals surface area contributed by atoms with Crippen LogP contribution in [0.4, 0.5) is 0 Å². The van der Waals surface area contributed by atoms with Gasteiger partial charge in [0.25, 0.3) is 5.91 Å².